The second kappa shape index (κ2) is 5.70. The predicted octanol–water partition coefficient (Wildman–Crippen LogP) is 1.84. The smallest absolute Gasteiger partial charge is 0.263 e. The topological polar surface area (TPSA) is 78.8 Å². The molecule has 4 rings (SSSR count). The highest BCUT2D eigenvalue weighted by molar-refractivity contribution is 7.90. The summed E-state index contributed by atoms with van der Waals surface area (Å²) in [5, 5.41) is 0. The van der Waals surface area contributed by atoms with E-state index in [9.17, 15) is 13.2 Å². The molecule has 6 nitrogen and oxygen atoms in total. The summed E-state index contributed by atoms with van der Waals surface area (Å²) in [4.78, 5) is 19.0. The molecule has 2 heterocycles. The standard InChI is InChI=1S/C18H17N3O3S/c1-12-6-8-13(9-7-12)21-11-10-15(18(21)22)19-17-14-4-2-3-5-16(14)25(23,24)20-17/h2-9,15H,10-11H2,1H3,(H,19,20). The predicted molar refractivity (Wildman–Crippen MR) is 95.2 cm³/mol. The maximum Gasteiger partial charge on any atom is 0.263 e. The maximum atomic E-state index is 12.7. The number of amides is 1. The number of nitrogens with one attached hydrogen (secondary N) is 1. The van der Waals surface area contributed by atoms with E-state index in [-0.39, 0.29) is 16.6 Å². The van der Waals surface area contributed by atoms with Crippen molar-refractivity contribution >= 4 is 27.5 Å². The number of fused-ring (bicyclic) bond motifs is 1. The first kappa shape index (κ1) is 15.8. The van der Waals surface area contributed by atoms with Crippen molar-refractivity contribution < 1.29 is 13.2 Å². The molecule has 1 N–H and O–H groups in total. The Kier molecular flexibility index (Phi) is 3.61. The number of aliphatic imine (C=N–C) groups is 1. The summed E-state index contributed by atoms with van der Waals surface area (Å²) in [5.74, 6) is 0.139. The van der Waals surface area contributed by atoms with Gasteiger partial charge in [0.25, 0.3) is 15.9 Å². The third-order valence-corrected chi connectivity index (χ3v) is 5.87. The molecule has 0 saturated carbocycles. The fraction of sp³-hybridized carbons (Fsp3) is 0.222. The summed E-state index contributed by atoms with van der Waals surface area (Å²) in [5.41, 5.74) is 2.49. The first-order valence-electron chi connectivity index (χ1n) is 8.04. The molecule has 0 aromatic heterocycles. The van der Waals surface area contributed by atoms with Crippen molar-refractivity contribution in [3.63, 3.8) is 0 Å². The minimum atomic E-state index is -3.59. The van der Waals surface area contributed by atoms with E-state index in [1.807, 2.05) is 31.2 Å². The Balaban J connectivity index is 1.63. The molecule has 2 aromatic carbocycles. The number of aryl methyl sites for hydroxylation is 1. The zero-order valence-electron chi connectivity index (χ0n) is 13.6. The summed E-state index contributed by atoms with van der Waals surface area (Å²) in [6.45, 7) is 2.56. The quantitative estimate of drug-likeness (QED) is 0.893. The molecule has 1 amide bonds. The Morgan fingerprint density at radius 1 is 1.12 bits per heavy atom. The van der Waals surface area contributed by atoms with Gasteiger partial charge in [0, 0.05) is 17.8 Å². The third-order valence-electron chi connectivity index (χ3n) is 4.47. The molecule has 0 bridgehead atoms. The molecule has 128 valence electrons. The van der Waals surface area contributed by atoms with Gasteiger partial charge in [-0.15, -0.1) is 0 Å². The van der Waals surface area contributed by atoms with Crippen molar-refractivity contribution in [2.24, 2.45) is 4.99 Å². The molecule has 2 aliphatic heterocycles. The van der Waals surface area contributed by atoms with E-state index in [0.29, 0.717) is 18.5 Å². The molecule has 1 unspecified atom stereocenters. The van der Waals surface area contributed by atoms with Gasteiger partial charge >= 0.3 is 0 Å². The molecule has 1 fully saturated rings. The Labute approximate surface area is 146 Å². The summed E-state index contributed by atoms with van der Waals surface area (Å²) in [6, 6.07) is 13.8. The fourth-order valence-electron chi connectivity index (χ4n) is 3.15. The molecular weight excluding hydrogens is 338 g/mol. The number of benzene rings is 2. The molecule has 25 heavy (non-hydrogen) atoms. The molecule has 1 atom stereocenters. The largest absolute Gasteiger partial charge is 0.310 e. The Morgan fingerprint density at radius 2 is 1.84 bits per heavy atom. The average molecular weight is 355 g/mol. The number of hydrogen-bond donors (Lipinski definition) is 1. The maximum absolute atomic E-state index is 12.7. The van der Waals surface area contributed by atoms with Crippen molar-refractivity contribution in [1.29, 1.82) is 0 Å². The number of hydrogen-bond acceptors (Lipinski definition) is 4. The van der Waals surface area contributed by atoms with Gasteiger partial charge in [-0.3, -0.25) is 14.5 Å². The van der Waals surface area contributed by atoms with E-state index >= 15 is 0 Å². The fourth-order valence-corrected chi connectivity index (χ4v) is 4.39. The normalized spacial score (nSPS) is 22.9. The van der Waals surface area contributed by atoms with Crippen LogP contribution in [0.3, 0.4) is 0 Å². The van der Waals surface area contributed by atoms with Crippen LogP contribution in [-0.4, -0.2) is 32.7 Å². The van der Waals surface area contributed by atoms with Crippen LogP contribution >= 0.6 is 0 Å². The number of nitrogens with zero attached hydrogens (tertiary/aromatic N) is 2. The van der Waals surface area contributed by atoms with Crippen LogP contribution in [0.25, 0.3) is 0 Å². The van der Waals surface area contributed by atoms with Crippen LogP contribution in [0.5, 0.6) is 0 Å². The number of amidine groups is 1. The van der Waals surface area contributed by atoms with Gasteiger partial charge in [-0.2, -0.15) is 0 Å². The Morgan fingerprint density at radius 3 is 2.60 bits per heavy atom. The van der Waals surface area contributed by atoms with Crippen LogP contribution in [0.1, 0.15) is 17.5 Å². The lowest BCUT2D eigenvalue weighted by Gasteiger charge is -2.16. The molecule has 0 spiro atoms. The highest BCUT2D eigenvalue weighted by Gasteiger charge is 2.36. The van der Waals surface area contributed by atoms with Gasteiger partial charge in [-0.1, -0.05) is 29.8 Å². The Hall–Kier alpha value is -2.67. The Bertz CT molecular complexity index is 981. The van der Waals surface area contributed by atoms with E-state index in [2.05, 4.69) is 9.71 Å². The van der Waals surface area contributed by atoms with Crippen LogP contribution in [0.15, 0.2) is 58.4 Å². The van der Waals surface area contributed by atoms with Gasteiger partial charge in [0.2, 0.25) is 0 Å². The number of carbonyl (C=O) groups is 1. The van der Waals surface area contributed by atoms with E-state index in [1.165, 1.54) is 6.07 Å². The highest BCUT2D eigenvalue weighted by Crippen LogP contribution is 2.26. The minimum Gasteiger partial charge on any atom is -0.310 e. The molecule has 7 heteroatoms. The van der Waals surface area contributed by atoms with Crippen molar-refractivity contribution in [2.75, 3.05) is 11.4 Å². The summed E-state index contributed by atoms with van der Waals surface area (Å²) in [6.07, 6.45) is 0.556. The molecule has 0 aliphatic carbocycles. The van der Waals surface area contributed by atoms with Gasteiger partial charge in [0.15, 0.2) is 0 Å². The lowest BCUT2D eigenvalue weighted by Crippen LogP contribution is -2.30. The summed E-state index contributed by atoms with van der Waals surface area (Å²) in [7, 11) is -3.59. The summed E-state index contributed by atoms with van der Waals surface area (Å²) < 4.78 is 26.8. The third kappa shape index (κ3) is 2.70. The lowest BCUT2D eigenvalue weighted by molar-refractivity contribution is -0.118. The molecular formula is C18H17N3O3S. The second-order valence-corrected chi connectivity index (χ2v) is 7.86. The second-order valence-electron chi connectivity index (χ2n) is 6.21. The van der Waals surface area contributed by atoms with Crippen LogP contribution in [-0.2, 0) is 14.8 Å². The molecule has 2 aromatic rings. The molecule has 0 radical (unpaired) electrons. The van der Waals surface area contributed by atoms with Crippen LogP contribution in [0.2, 0.25) is 0 Å². The lowest BCUT2D eigenvalue weighted by atomic mass is 10.2. The number of rotatable bonds is 2. The molecule has 1 saturated heterocycles. The van der Waals surface area contributed by atoms with Gasteiger partial charge in [-0.25, -0.2) is 8.42 Å². The van der Waals surface area contributed by atoms with E-state index in [4.69, 9.17) is 0 Å². The summed E-state index contributed by atoms with van der Waals surface area (Å²) >= 11 is 0. The monoisotopic (exact) mass is 355 g/mol. The first-order chi connectivity index (χ1) is 12.0. The van der Waals surface area contributed by atoms with Gasteiger partial charge in [0.1, 0.15) is 11.9 Å². The highest BCUT2D eigenvalue weighted by atomic mass is 32.2. The zero-order valence-corrected chi connectivity index (χ0v) is 14.5. The van der Waals surface area contributed by atoms with Crippen LogP contribution in [0, 0.1) is 6.92 Å². The van der Waals surface area contributed by atoms with Crippen molar-refractivity contribution in [3.8, 4) is 0 Å². The minimum absolute atomic E-state index is 0.111. The van der Waals surface area contributed by atoms with E-state index < -0.39 is 16.1 Å². The van der Waals surface area contributed by atoms with Crippen LogP contribution < -0.4 is 9.62 Å². The van der Waals surface area contributed by atoms with Gasteiger partial charge in [0.05, 0.1) is 4.90 Å². The van der Waals surface area contributed by atoms with Crippen molar-refractivity contribution in [2.45, 2.75) is 24.3 Å². The van der Waals surface area contributed by atoms with Crippen molar-refractivity contribution in [1.82, 2.24) is 4.72 Å². The van der Waals surface area contributed by atoms with Gasteiger partial charge in [-0.05, 0) is 37.6 Å². The average Bonchev–Trinajstić information content (AvgIpc) is 3.07. The van der Waals surface area contributed by atoms with Crippen molar-refractivity contribution in [3.05, 3.63) is 59.7 Å². The van der Waals surface area contributed by atoms with E-state index in [0.717, 1.165) is 11.3 Å². The first-order valence-corrected chi connectivity index (χ1v) is 9.52. The van der Waals surface area contributed by atoms with E-state index in [1.54, 1.807) is 23.1 Å². The van der Waals surface area contributed by atoms with Gasteiger partial charge < -0.3 is 4.90 Å². The molecule has 2 aliphatic rings. The SMILES string of the molecule is Cc1ccc(N2CCC(N=C3NS(=O)(=O)c4ccccc43)C2=O)cc1. The zero-order chi connectivity index (χ0) is 17.6. The number of sulfonamides is 1. The van der Waals surface area contributed by atoms with Crippen LogP contribution in [0.4, 0.5) is 5.69 Å². The number of carbonyl (C=O) groups excluding carboxylic acids is 1. The number of anilines is 1.